The van der Waals surface area contributed by atoms with Crippen LogP contribution in [0.25, 0.3) is 0 Å². The molecule has 0 spiro atoms. The largest absolute Gasteiger partial charge is 0.480 e. The van der Waals surface area contributed by atoms with E-state index >= 15 is 0 Å². The SMILES string of the molecule is Cc1cc(CNC(CCC(C)(C)C)C(=O)O)cc2c1CCC2. The summed E-state index contributed by atoms with van der Waals surface area (Å²) in [6, 6.07) is 4.00. The van der Waals surface area contributed by atoms with Crippen LogP contribution in [0.2, 0.25) is 0 Å². The van der Waals surface area contributed by atoms with Crippen molar-refractivity contribution in [1.82, 2.24) is 5.32 Å². The molecule has 0 heterocycles. The van der Waals surface area contributed by atoms with Gasteiger partial charge >= 0.3 is 5.97 Å². The molecule has 0 saturated heterocycles. The summed E-state index contributed by atoms with van der Waals surface area (Å²) in [7, 11) is 0. The van der Waals surface area contributed by atoms with Crippen LogP contribution >= 0.6 is 0 Å². The lowest BCUT2D eigenvalue weighted by molar-refractivity contribution is -0.139. The third-order valence-corrected chi connectivity index (χ3v) is 4.53. The second kappa shape index (κ2) is 6.82. The van der Waals surface area contributed by atoms with E-state index < -0.39 is 12.0 Å². The quantitative estimate of drug-likeness (QED) is 0.839. The third-order valence-electron chi connectivity index (χ3n) is 4.53. The molecule has 3 nitrogen and oxygen atoms in total. The summed E-state index contributed by atoms with van der Waals surface area (Å²) in [6.07, 6.45) is 5.17. The highest BCUT2D eigenvalue weighted by Gasteiger charge is 2.21. The normalized spacial score (nSPS) is 15.6. The van der Waals surface area contributed by atoms with Crippen LogP contribution in [-0.2, 0) is 24.2 Å². The molecule has 1 unspecified atom stereocenters. The van der Waals surface area contributed by atoms with Crippen LogP contribution in [0, 0.1) is 12.3 Å². The molecule has 1 aromatic carbocycles. The Morgan fingerprint density at radius 1 is 1.32 bits per heavy atom. The van der Waals surface area contributed by atoms with Gasteiger partial charge in [0.15, 0.2) is 0 Å². The van der Waals surface area contributed by atoms with Crippen molar-refractivity contribution in [3.63, 3.8) is 0 Å². The Balaban J connectivity index is 1.98. The van der Waals surface area contributed by atoms with Crippen molar-refractivity contribution in [2.45, 2.75) is 72.4 Å². The van der Waals surface area contributed by atoms with E-state index in [1.807, 2.05) is 0 Å². The Hall–Kier alpha value is -1.35. The Labute approximate surface area is 134 Å². The minimum absolute atomic E-state index is 0.166. The first-order chi connectivity index (χ1) is 10.3. The van der Waals surface area contributed by atoms with Gasteiger partial charge in [0.05, 0.1) is 0 Å². The highest BCUT2D eigenvalue weighted by molar-refractivity contribution is 5.73. The van der Waals surface area contributed by atoms with E-state index in [1.54, 1.807) is 0 Å². The van der Waals surface area contributed by atoms with Gasteiger partial charge in [0.25, 0.3) is 0 Å². The van der Waals surface area contributed by atoms with Gasteiger partial charge in [0.2, 0.25) is 0 Å². The molecule has 3 heteroatoms. The third kappa shape index (κ3) is 4.57. The van der Waals surface area contributed by atoms with E-state index in [2.05, 4.69) is 45.1 Å². The maximum absolute atomic E-state index is 11.4. The fraction of sp³-hybridized carbons (Fsp3) is 0.632. The lowest BCUT2D eigenvalue weighted by atomic mass is 9.88. The molecule has 0 fully saturated rings. The lowest BCUT2D eigenvalue weighted by Gasteiger charge is -2.22. The summed E-state index contributed by atoms with van der Waals surface area (Å²) in [6.45, 7) is 9.25. The van der Waals surface area contributed by atoms with E-state index in [4.69, 9.17) is 0 Å². The number of fused-ring (bicyclic) bond motifs is 1. The van der Waals surface area contributed by atoms with Crippen molar-refractivity contribution in [2.75, 3.05) is 0 Å². The number of carboxylic acid groups (broad SMARTS) is 1. The Morgan fingerprint density at radius 2 is 2.05 bits per heavy atom. The van der Waals surface area contributed by atoms with Crippen LogP contribution in [0.3, 0.4) is 0 Å². The molecule has 122 valence electrons. The number of rotatable bonds is 6. The predicted molar refractivity (Wildman–Crippen MR) is 90.2 cm³/mol. The van der Waals surface area contributed by atoms with Gasteiger partial charge in [0.1, 0.15) is 6.04 Å². The highest BCUT2D eigenvalue weighted by atomic mass is 16.4. The molecular weight excluding hydrogens is 274 g/mol. The maximum Gasteiger partial charge on any atom is 0.320 e. The van der Waals surface area contributed by atoms with Crippen LogP contribution in [-0.4, -0.2) is 17.1 Å². The standard InChI is InChI=1S/C19H29NO2/c1-13-10-14(11-15-6-5-7-16(13)15)12-20-17(18(21)22)8-9-19(2,3)4/h10-11,17,20H,5-9,12H2,1-4H3,(H,21,22). The number of hydrogen-bond donors (Lipinski definition) is 2. The van der Waals surface area contributed by atoms with Gasteiger partial charge in [-0.1, -0.05) is 32.9 Å². The van der Waals surface area contributed by atoms with Gasteiger partial charge in [-0.3, -0.25) is 4.79 Å². The second-order valence-electron chi connectivity index (χ2n) is 7.78. The molecule has 2 rings (SSSR count). The molecule has 1 aliphatic rings. The van der Waals surface area contributed by atoms with Crippen LogP contribution in [0.5, 0.6) is 0 Å². The first-order valence-electron chi connectivity index (χ1n) is 8.34. The van der Waals surface area contributed by atoms with Gasteiger partial charge in [-0.05, 0) is 66.7 Å². The van der Waals surface area contributed by atoms with Gasteiger partial charge in [-0.2, -0.15) is 0 Å². The molecule has 1 atom stereocenters. The molecule has 0 radical (unpaired) electrons. The first-order valence-corrected chi connectivity index (χ1v) is 8.34. The van der Waals surface area contributed by atoms with Crippen LogP contribution < -0.4 is 5.32 Å². The van der Waals surface area contributed by atoms with Crippen molar-refractivity contribution in [1.29, 1.82) is 0 Å². The lowest BCUT2D eigenvalue weighted by Crippen LogP contribution is -2.37. The van der Waals surface area contributed by atoms with Crippen molar-refractivity contribution in [3.05, 3.63) is 34.4 Å². The highest BCUT2D eigenvalue weighted by Crippen LogP contribution is 2.27. The van der Waals surface area contributed by atoms with E-state index in [-0.39, 0.29) is 5.41 Å². The van der Waals surface area contributed by atoms with Crippen LogP contribution in [0.15, 0.2) is 12.1 Å². The Kier molecular flexibility index (Phi) is 5.28. The van der Waals surface area contributed by atoms with Crippen molar-refractivity contribution in [3.8, 4) is 0 Å². The number of benzene rings is 1. The molecule has 22 heavy (non-hydrogen) atoms. The van der Waals surface area contributed by atoms with E-state index in [0.29, 0.717) is 13.0 Å². The van der Waals surface area contributed by atoms with Gasteiger partial charge < -0.3 is 10.4 Å². The molecule has 1 aromatic rings. The summed E-state index contributed by atoms with van der Waals surface area (Å²) < 4.78 is 0. The topological polar surface area (TPSA) is 49.3 Å². The minimum atomic E-state index is -0.748. The monoisotopic (exact) mass is 303 g/mol. The number of aryl methyl sites for hydroxylation is 2. The second-order valence-corrected chi connectivity index (χ2v) is 7.78. The van der Waals surface area contributed by atoms with E-state index in [0.717, 1.165) is 12.8 Å². The van der Waals surface area contributed by atoms with Gasteiger partial charge in [0, 0.05) is 6.54 Å². The van der Waals surface area contributed by atoms with Crippen molar-refractivity contribution < 1.29 is 9.90 Å². The zero-order valence-corrected chi connectivity index (χ0v) is 14.3. The number of carboxylic acids is 1. The van der Waals surface area contributed by atoms with E-state index in [1.165, 1.54) is 35.1 Å². The summed E-state index contributed by atoms with van der Waals surface area (Å²) in [5, 5.41) is 12.6. The smallest absolute Gasteiger partial charge is 0.320 e. The molecule has 0 amide bonds. The predicted octanol–water partition coefficient (Wildman–Crippen LogP) is 3.85. The molecule has 0 saturated carbocycles. The number of carbonyl (C=O) groups is 1. The van der Waals surface area contributed by atoms with Crippen molar-refractivity contribution >= 4 is 5.97 Å². The molecule has 0 bridgehead atoms. The number of hydrogen-bond acceptors (Lipinski definition) is 2. The maximum atomic E-state index is 11.4. The Morgan fingerprint density at radius 3 is 2.68 bits per heavy atom. The minimum Gasteiger partial charge on any atom is -0.480 e. The average molecular weight is 303 g/mol. The van der Waals surface area contributed by atoms with Crippen LogP contribution in [0.4, 0.5) is 0 Å². The molecule has 2 N–H and O–H groups in total. The molecule has 0 aliphatic heterocycles. The zero-order chi connectivity index (χ0) is 16.3. The molecule has 0 aromatic heterocycles. The molecular formula is C19H29NO2. The first kappa shape index (κ1) is 17.0. The molecule has 1 aliphatic carbocycles. The van der Waals surface area contributed by atoms with Gasteiger partial charge in [-0.25, -0.2) is 0 Å². The Bertz CT molecular complexity index is 543. The van der Waals surface area contributed by atoms with Gasteiger partial charge in [-0.15, -0.1) is 0 Å². The number of aliphatic carboxylic acids is 1. The number of nitrogens with one attached hydrogen (secondary N) is 1. The summed E-state index contributed by atoms with van der Waals surface area (Å²) >= 11 is 0. The zero-order valence-electron chi connectivity index (χ0n) is 14.3. The average Bonchev–Trinajstić information content (AvgIpc) is 2.85. The van der Waals surface area contributed by atoms with E-state index in [9.17, 15) is 9.90 Å². The van der Waals surface area contributed by atoms with Crippen LogP contribution in [0.1, 0.15) is 62.3 Å². The summed E-state index contributed by atoms with van der Waals surface area (Å²) in [5.74, 6) is -0.748. The van der Waals surface area contributed by atoms with Crippen molar-refractivity contribution in [2.24, 2.45) is 5.41 Å². The summed E-state index contributed by atoms with van der Waals surface area (Å²) in [5.41, 5.74) is 5.69. The fourth-order valence-corrected chi connectivity index (χ4v) is 3.24. The fourth-order valence-electron chi connectivity index (χ4n) is 3.24. The summed E-state index contributed by atoms with van der Waals surface area (Å²) in [4.78, 5) is 11.4.